The van der Waals surface area contributed by atoms with E-state index in [0.717, 1.165) is 51.4 Å². The van der Waals surface area contributed by atoms with Gasteiger partial charge < -0.3 is 34.3 Å². The highest BCUT2D eigenvalue weighted by molar-refractivity contribution is 7.80. The van der Waals surface area contributed by atoms with Crippen molar-refractivity contribution < 1.29 is 56.2 Å². The molecule has 0 radical (unpaired) electrons. The Balaban J connectivity index is 2.36. The Bertz CT molecular complexity index is 1380. The molecule has 384 valence electrons. The van der Waals surface area contributed by atoms with Crippen molar-refractivity contribution in [3.8, 4) is 0 Å². The zero-order valence-electron chi connectivity index (χ0n) is 41.2. The summed E-state index contributed by atoms with van der Waals surface area (Å²) in [6.45, 7) is 3.68. The van der Waals surface area contributed by atoms with Crippen LogP contribution in [0.2, 0.25) is 0 Å². The van der Waals surface area contributed by atoms with Gasteiger partial charge in [-0.25, -0.2) is 4.18 Å². The molecule has 0 aliphatic carbocycles. The first-order chi connectivity index (χ1) is 32.1. The molecule has 6 unspecified atom stereocenters. The smallest absolute Gasteiger partial charge is 0.397 e. The lowest BCUT2D eigenvalue weighted by atomic mass is 9.99. The quantitative estimate of drug-likeness (QED) is 0.0197. The van der Waals surface area contributed by atoms with Crippen LogP contribution in [0.15, 0.2) is 60.8 Å². The summed E-state index contributed by atoms with van der Waals surface area (Å²) in [4.78, 5) is 12.9. The van der Waals surface area contributed by atoms with E-state index in [-0.39, 0.29) is 19.6 Å². The number of hydrogen-bond donors (Lipinski definition) is 4. The van der Waals surface area contributed by atoms with Crippen molar-refractivity contribution >= 4 is 16.4 Å². The van der Waals surface area contributed by atoms with Crippen LogP contribution in [-0.4, -0.2) is 97.5 Å². The van der Waals surface area contributed by atoms with Crippen molar-refractivity contribution in [1.29, 1.82) is 0 Å². The average Bonchev–Trinajstić information content (AvgIpc) is 3.29. The first kappa shape index (κ1) is 61.8. The molecule has 0 aromatic heterocycles. The zero-order valence-corrected chi connectivity index (χ0v) is 42.1. The summed E-state index contributed by atoms with van der Waals surface area (Å²) >= 11 is 0. The predicted molar refractivity (Wildman–Crippen MR) is 266 cm³/mol. The van der Waals surface area contributed by atoms with Gasteiger partial charge in [0.1, 0.15) is 30.5 Å². The molecule has 0 bridgehead atoms. The van der Waals surface area contributed by atoms with Gasteiger partial charge in [0, 0.05) is 6.42 Å². The number of rotatable bonds is 45. The zero-order chi connectivity index (χ0) is 48.2. The first-order valence-electron chi connectivity index (χ1n) is 26.0. The Hall–Kier alpha value is -2.20. The highest BCUT2D eigenvalue weighted by Crippen LogP contribution is 2.26. The fourth-order valence-corrected chi connectivity index (χ4v) is 8.31. The molecule has 1 aliphatic heterocycles. The Morgan fingerprint density at radius 3 is 1.44 bits per heavy atom. The van der Waals surface area contributed by atoms with E-state index >= 15 is 0 Å². The van der Waals surface area contributed by atoms with Crippen molar-refractivity contribution in [3.05, 3.63) is 60.8 Å². The predicted octanol–water partition coefficient (Wildman–Crippen LogP) is 12.1. The molecule has 13 heteroatoms. The number of carbonyl (C=O) groups excluding carboxylic acids is 1. The normalized spacial score (nSPS) is 20.0. The molecule has 4 N–H and O–H groups in total. The van der Waals surface area contributed by atoms with E-state index in [1.165, 1.54) is 122 Å². The fraction of sp³-hybridized carbons (Fsp3) is 0.792. The van der Waals surface area contributed by atoms with Gasteiger partial charge in [0.15, 0.2) is 6.29 Å². The standard InChI is InChI=1S/C53H94O12S/c1-3-5-7-9-11-13-15-17-19-21-22-23-24-25-26-27-28-30-32-34-36-38-40-42-49(55)63-47(46-62-53-51(57)52(65-66(58,59)60)50(56)48(44-54)64-53)45-61-43-41-39-37-35-33-31-29-20-18-16-14-12-10-8-6-4-2/h6,8,12,14,18,20,31,33,37,39,47-48,50-54,56-57H,3-5,7,9-11,13,15-17,19,21-30,32,34-36,38,40-46H2,1-2H3,(H,58,59,60)/b8-6-,14-12-,20-18-,33-31-,39-37-. The summed E-state index contributed by atoms with van der Waals surface area (Å²) < 4.78 is 59.1. The van der Waals surface area contributed by atoms with Crippen LogP contribution >= 0.6 is 0 Å². The molecule has 0 amide bonds. The van der Waals surface area contributed by atoms with Gasteiger partial charge in [-0.05, 0) is 44.9 Å². The van der Waals surface area contributed by atoms with Crippen LogP contribution in [0.3, 0.4) is 0 Å². The molecule has 12 nitrogen and oxygen atoms in total. The fourth-order valence-electron chi connectivity index (χ4n) is 7.80. The van der Waals surface area contributed by atoms with Gasteiger partial charge in [0.05, 0.1) is 26.4 Å². The number of aliphatic hydroxyl groups is 3. The number of hydrogen-bond acceptors (Lipinski definition) is 11. The van der Waals surface area contributed by atoms with Crippen LogP contribution in [-0.2, 0) is 38.3 Å². The van der Waals surface area contributed by atoms with Gasteiger partial charge in [-0.2, -0.15) is 8.42 Å². The number of unbranched alkanes of at least 4 members (excludes halogenated alkanes) is 22. The molecular weight excluding hydrogens is 861 g/mol. The van der Waals surface area contributed by atoms with Crippen LogP contribution in [0.4, 0.5) is 0 Å². The molecule has 0 aromatic carbocycles. The number of carbonyl (C=O) groups is 1. The Morgan fingerprint density at radius 1 is 0.591 bits per heavy atom. The van der Waals surface area contributed by atoms with E-state index in [9.17, 15) is 33.1 Å². The molecule has 0 saturated carbocycles. The van der Waals surface area contributed by atoms with Crippen molar-refractivity contribution in [3.63, 3.8) is 0 Å². The molecule has 1 saturated heterocycles. The number of ether oxygens (including phenoxy) is 4. The van der Waals surface area contributed by atoms with E-state index in [4.69, 9.17) is 18.9 Å². The number of esters is 1. The summed E-state index contributed by atoms with van der Waals surface area (Å²) in [5.41, 5.74) is 0. The van der Waals surface area contributed by atoms with E-state index in [1.807, 2.05) is 6.08 Å². The topological polar surface area (TPSA) is 178 Å². The van der Waals surface area contributed by atoms with Crippen LogP contribution in [0.1, 0.15) is 206 Å². The lowest BCUT2D eigenvalue weighted by Crippen LogP contribution is -2.60. The summed E-state index contributed by atoms with van der Waals surface area (Å²) in [5.74, 6) is -0.421. The molecule has 0 spiro atoms. The second kappa shape index (κ2) is 44.0. The third-order valence-corrected chi connectivity index (χ3v) is 12.1. The maximum Gasteiger partial charge on any atom is 0.397 e. The van der Waals surface area contributed by atoms with Crippen LogP contribution in [0, 0.1) is 0 Å². The van der Waals surface area contributed by atoms with E-state index in [2.05, 4.69) is 72.7 Å². The van der Waals surface area contributed by atoms with Crippen molar-refractivity contribution in [2.24, 2.45) is 0 Å². The van der Waals surface area contributed by atoms with E-state index < -0.39 is 59.8 Å². The first-order valence-corrected chi connectivity index (χ1v) is 27.4. The highest BCUT2D eigenvalue weighted by atomic mass is 32.3. The van der Waals surface area contributed by atoms with Gasteiger partial charge in [-0.15, -0.1) is 0 Å². The third-order valence-electron chi connectivity index (χ3n) is 11.7. The van der Waals surface area contributed by atoms with Gasteiger partial charge in [0.2, 0.25) is 0 Å². The SMILES string of the molecule is CC/C=C\C/C=C\C/C=C\C/C=C\C/C=C\CCOCC(COC1OC(CO)C(O)C(OS(=O)(=O)O)C1O)OC(=O)CCCCCCCCCCCCCCCCCCCCCCCCC. The van der Waals surface area contributed by atoms with Gasteiger partial charge in [-0.3, -0.25) is 9.35 Å². The van der Waals surface area contributed by atoms with Gasteiger partial charge in [0.25, 0.3) is 0 Å². The Morgan fingerprint density at radius 2 is 1.02 bits per heavy atom. The van der Waals surface area contributed by atoms with Gasteiger partial charge >= 0.3 is 16.4 Å². The molecule has 1 aliphatic rings. The van der Waals surface area contributed by atoms with Crippen LogP contribution in [0.25, 0.3) is 0 Å². The minimum Gasteiger partial charge on any atom is -0.457 e. The van der Waals surface area contributed by atoms with Crippen molar-refractivity contribution in [1.82, 2.24) is 0 Å². The minimum absolute atomic E-state index is 0.0182. The molecule has 1 rings (SSSR count). The molecule has 66 heavy (non-hydrogen) atoms. The maximum absolute atomic E-state index is 12.9. The summed E-state index contributed by atoms with van der Waals surface area (Å²) in [7, 11) is -5.08. The highest BCUT2D eigenvalue weighted by Gasteiger charge is 2.48. The molecule has 1 heterocycles. The van der Waals surface area contributed by atoms with Crippen LogP contribution < -0.4 is 0 Å². The van der Waals surface area contributed by atoms with Gasteiger partial charge in [-0.1, -0.05) is 216 Å². The van der Waals surface area contributed by atoms with Crippen molar-refractivity contribution in [2.45, 2.75) is 243 Å². The van der Waals surface area contributed by atoms with Crippen molar-refractivity contribution in [2.75, 3.05) is 26.4 Å². The Kier molecular flexibility index (Phi) is 41.2. The molecule has 6 atom stereocenters. The largest absolute Gasteiger partial charge is 0.457 e. The average molecular weight is 955 g/mol. The molecule has 1 fully saturated rings. The summed E-state index contributed by atoms with van der Waals surface area (Å²) in [6, 6.07) is 0. The Labute approximate surface area is 401 Å². The van der Waals surface area contributed by atoms with E-state index in [1.54, 1.807) is 0 Å². The molecular formula is C53H94O12S. The molecule has 0 aromatic rings. The minimum atomic E-state index is -5.08. The second-order valence-corrected chi connectivity index (χ2v) is 18.8. The number of aliphatic hydroxyl groups excluding tert-OH is 3. The summed E-state index contributed by atoms with van der Waals surface area (Å²) in [6.07, 6.45) is 47.2. The second-order valence-electron chi connectivity index (χ2n) is 17.7. The lowest BCUT2D eigenvalue weighted by Gasteiger charge is -2.41. The monoisotopic (exact) mass is 955 g/mol. The third kappa shape index (κ3) is 36.8. The maximum atomic E-state index is 12.9. The number of allylic oxidation sites excluding steroid dienone is 9. The lowest BCUT2D eigenvalue weighted by molar-refractivity contribution is -0.301. The summed E-state index contributed by atoms with van der Waals surface area (Å²) in [5, 5.41) is 30.7. The van der Waals surface area contributed by atoms with Crippen LogP contribution in [0.5, 0.6) is 0 Å². The van der Waals surface area contributed by atoms with E-state index in [0.29, 0.717) is 19.4 Å².